The van der Waals surface area contributed by atoms with Crippen molar-refractivity contribution in [2.45, 2.75) is 18.9 Å². The van der Waals surface area contributed by atoms with E-state index in [1.165, 1.54) is 6.07 Å². The van der Waals surface area contributed by atoms with Crippen molar-refractivity contribution in [1.82, 2.24) is 4.98 Å². The molecule has 19 heavy (non-hydrogen) atoms. The summed E-state index contributed by atoms with van der Waals surface area (Å²) in [6, 6.07) is 4.93. The summed E-state index contributed by atoms with van der Waals surface area (Å²) in [7, 11) is 0. The van der Waals surface area contributed by atoms with Crippen molar-refractivity contribution < 1.29 is 9.50 Å². The highest BCUT2D eigenvalue weighted by molar-refractivity contribution is 5.99. The number of fused-ring (bicyclic) bond motifs is 1. The van der Waals surface area contributed by atoms with Crippen molar-refractivity contribution in [3.8, 4) is 0 Å². The van der Waals surface area contributed by atoms with Crippen molar-refractivity contribution in [2.24, 2.45) is 0 Å². The Hall–Kier alpha value is -1.88. The number of pyridine rings is 1. The largest absolute Gasteiger partial charge is 0.398 e. The van der Waals surface area contributed by atoms with Crippen LogP contribution in [0.3, 0.4) is 0 Å². The van der Waals surface area contributed by atoms with Gasteiger partial charge in [0.25, 0.3) is 0 Å². The Morgan fingerprint density at radius 1 is 1.53 bits per heavy atom. The molecule has 0 spiro atoms. The van der Waals surface area contributed by atoms with Crippen molar-refractivity contribution in [2.75, 3.05) is 23.7 Å². The van der Waals surface area contributed by atoms with Crippen LogP contribution in [0.15, 0.2) is 24.4 Å². The van der Waals surface area contributed by atoms with Crippen LogP contribution in [-0.2, 0) is 0 Å². The number of nitrogens with two attached hydrogens (primary N) is 1. The lowest BCUT2D eigenvalue weighted by molar-refractivity contribution is 0.0839. The third-order valence-electron chi connectivity index (χ3n) is 3.62. The van der Waals surface area contributed by atoms with E-state index in [2.05, 4.69) is 4.98 Å². The monoisotopic (exact) mass is 261 g/mol. The molecular formula is C14H16FN3O. The zero-order valence-electron chi connectivity index (χ0n) is 10.7. The summed E-state index contributed by atoms with van der Waals surface area (Å²) < 4.78 is 14.2. The molecule has 1 saturated heterocycles. The Balaban J connectivity index is 2.18. The number of hydrogen-bond donors (Lipinski definition) is 2. The fourth-order valence-corrected chi connectivity index (χ4v) is 2.66. The number of nitrogens with zero attached hydrogens (tertiary/aromatic N) is 2. The van der Waals surface area contributed by atoms with Crippen LogP contribution in [0.2, 0.25) is 0 Å². The van der Waals surface area contributed by atoms with Gasteiger partial charge in [-0.3, -0.25) is 4.98 Å². The first-order valence-electron chi connectivity index (χ1n) is 6.28. The lowest BCUT2D eigenvalue weighted by Crippen LogP contribution is -2.30. The van der Waals surface area contributed by atoms with Gasteiger partial charge in [0.15, 0.2) is 5.82 Å². The number of aliphatic hydroxyl groups is 1. The highest BCUT2D eigenvalue weighted by Crippen LogP contribution is 2.35. The Bertz CT molecular complexity index is 642. The summed E-state index contributed by atoms with van der Waals surface area (Å²) in [5.74, 6) is -0.388. The first-order valence-corrected chi connectivity index (χ1v) is 6.28. The van der Waals surface area contributed by atoms with E-state index in [0.717, 1.165) is 5.39 Å². The number of β-amino-alcohol motifs (C(OH)–C–C–N with tert-alkyl or cyclic N) is 1. The second-order valence-corrected chi connectivity index (χ2v) is 5.36. The van der Waals surface area contributed by atoms with Crippen molar-refractivity contribution >= 4 is 22.3 Å². The predicted octanol–water partition coefficient (Wildman–Crippen LogP) is 1.92. The molecule has 2 heterocycles. The van der Waals surface area contributed by atoms with E-state index in [4.69, 9.17) is 5.73 Å². The molecule has 4 nitrogen and oxygen atoms in total. The smallest absolute Gasteiger partial charge is 0.150 e. The van der Waals surface area contributed by atoms with Gasteiger partial charge in [-0.05, 0) is 31.5 Å². The van der Waals surface area contributed by atoms with Crippen LogP contribution in [0.4, 0.5) is 15.8 Å². The van der Waals surface area contributed by atoms with E-state index in [1.807, 2.05) is 11.0 Å². The number of nitrogen functional groups attached to an aromatic ring is 1. The van der Waals surface area contributed by atoms with Gasteiger partial charge in [-0.1, -0.05) is 0 Å². The lowest BCUT2D eigenvalue weighted by atomic mass is 10.1. The third-order valence-corrected chi connectivity index (χ3v) is 3.62. The van der Waals surface area contributed by atoms with Crippen molar-refractivity contribution in [3.05, 3.63) is 30.2 Å². The minimum absolute atomic E-state index is 0.385. The van der Waals surface area contributed by atoms with Gasteiger partial charge in [0.05, 0.1) is 16.8 Å². The quantitative estimate of drug-likeness (QED) is 0.770. The molecular weight excluding hydrogens is 245 g/mol. The number of rotatable bonds is 1. The van der Waals surface area contributed by atoms with E-state index in [1.54, 1.807) is 19.2 Å². The number of anilines is 2. The molecule has 1 fully saturated rings. The van der Waals surface area contributed by atoms with Crippen LogP contribution in [-0.4, -0.2) is 28.8 Å². The Morgan fingerprint density at radius 2 is 2.32 bits per heavy atom. The summed E-state index contributed by atoms with van der Waals surface area (Å²) in [4.78, 5) is 6.09. The highest BCUT2D eigenvalue weighted by atomic mass is 19.1. The van der Waals surface area contributed by atoms with Crippen LogP contribution in [0.5, 0.6) is 0 Å². The van der Waals surface area contributed by atoms with Crippen LogP contribution < -0.4 is 10.6 Å². The van der Waals surface area contributed by atoms with Crippen molar-refractivity contribution in [3.63, 3.8) is 0 Å². The molecule has 2 aromatic rings. The van der Waals surface area contributed by atoms with Crippen LogP contribution in [0, 0.1) is 5.82 Å². The third kappa shape index (κ3) is 2.00. The van der Waals surface area contributed by atoms with Gasteiger partial charge in [0.1, 0.15) is 0 Å². The van der Waals surface area contributed by atoms with E-state index in [0.29, 0.717) is 36.4 Å². The van der Waals surface area contributed by atoms with Gasteiger partial charge in [0.2, 0.25) is 0 Å². The Kier molecular flexibility index (Phi) is 2.60. The standard InChI is InChI=1S/C14H16FN3O/c1-14(19)4-6-18(8-14)13-10(15)7-11(16)9-3-2-5-17-12(9)13/h2-3,5,7,19H,4,6,8,16H2,1H3. The second kappa shape index (κ2) is 4.06. The minimum atomic E-state index is -0.783. The minimum Gasteiger partial charge on any atom is -0.398 e. The number of hydrogen-bond acceptors (Lipinski definition) is 4. The average Bonchev–Trinajstić information content (AvgIpc) is 2.69. The molecule has 0 bridgehead atoms. The first-order chi connectivity index (χ1) is 8.98. The SMILES string of the molecule is CC1(O)CCN(c2c(F)cc(N)c3cccnc23)C1. The highest BCUT2D eigenvalue weighted by Gasteiger charge is 2.33. The molecule has 0 saturated carbocycles. The fourth-order valence-electron chi connectivity index (χ4n) is 2.66. The Morgan fingerprint density at radius 3 is 3.00 bits per heavy atom. The molecule has 0 aliphatic carbocycles. The second-order valence-electron chi connectivity index (χ2n) is 5.36. The summed E-state index contributed by atoms with van der Waals surface area (Å²) >= 11 is 0. The molecule has 0 amide bonds. The summed E-state index contributed by atoms with van der Waals surface area (Å²) in [6.07, 6.45) is 2.24. The number of aromatic nitrogens is 1. The topological polar surface area (TPSA) is 62.4 Å². The van der Waals surface area contributed by atoms with E-state index < -0.39 is 5.60 Å². The molecule has 0 radical (unpaired) electrons. The van der Waals surface area contributed by atoms with Crippen LogP contribution in [0.25, 0.3) is 10.9 Å². The molecule has 1 atom stereocenters. The average molecular weight is 261 g/mol. The van der Waals surface area contributed by atoms with E-state index in [9.17, 15) is 9.50 Å². The molecule has 1 aromatic heterocycles. The van der Waals surface area contributed by atoms with Crippen LogP contribution >= 0.6 is 0 Å². The lowest BCUT2D eigenvalue weighted by Gasteiger charge is -2.22. The zero-order valence-corrected chi connectivity index (χ0v) is 10.7. The summed E-state index contributed by atoms with van der Waals surface area (Å²) in [5, 5.41) is 10.8. The molecule has 1 aliphatic rings. The van der Waals surface area contributed by atoms with E-state index in [-0.39, 0.29) is 5.82 Å². The normalized spacial score (nSPS) is 23.2. The predicted molar refractivity (Wildman–Crippen MR) is 73.6 cm³/mol. The zero-order chi connectivity index (χ0) is 13.6. The molecule has 3 N–H and O–H groups in total. The first kappa shape index (κ1) is 12.2. The fraction of sp³-hybridized carbons (Fsp3) is 0.357. The number of halogens is 1. The molecule has 1 aromatic carbocycles. The summed E-state index contributed by atoms with van der Waals surface area (Å²) in [5.41, 5.74) is 6.42. The summed E-state index contributed by atoms with van der Waals surface area (Å²) in [6.45, 7) is 2.77. The van der Waals surface area contributed by atoms with Gasteiger partial charge < -0.3 is 15.7 Å². The van der Waals surface area contributed by atoms with Gasteiger partial charge >= 0.3 is 0 Å². The molecule has 5 heteroatoms. The van der Waals surface area contributed by atoms with E-state index >= 15 is 0 Å². The maximum absolute atomic E-state index is 14.2. The molecule has 100 valence electrons. The molecule has 1 unspecified atom stereocenters. The van der Waals surface area contributed by atoms with Gasteiger partial charge in [-0.25, -0.2) is 4.39 Å². The molecule has 3 rings (SSSR count). The maximum Gasteiger partial charge on any atom is 0.150 e. The maximum atomic E-state index is 14.2. The van der Waals surface area contributed by atoms with Gasteiger partial charge in [0, 0.05) is 30.4 Å². The van der Waals surface area contributed by atoms with Crippen molar-refractivity contribution in [1.29, 1.82) is 0 Å². The number of benzene rings is 1. The van der Waals surface area contributed by atoms with Gasteiger partial charge in [-0.15, -0.1) is 0 Å². The van der Waals surface area contributed by atoms with Gasteiger partial charge in [-0.2, -0.15) is 0 Å². The van der Waals surface area contributed by atoms with Crippen LogP contribution in [0.1, 0.15) is 13.3 Å². The molecule has 1 aliphatic heterocycles. The Labute approximate surface area is 110 Å².